The number of aliphatic hydroxyl groups is 2. The van der Waals surface area contributed by atoms with Gasteiger partial charge in [0.2, 0.25) is 0 Å². The number of aliphatic hydroxyl groups excluding tert-OH is 2. The van der Waals surface area contributed by atoms with Crippen molar-refractivity contribution in [3.05, 3.63) is 11.9 Å². The van der Waals surface area contributed by atoms with E-state index in [1.807, 2.05) is 27.0 Å². The van der Waals surface area contributed by atoms with Crippen LogP contribution in [0.25, 0.3) is 0 Å². The second-order valence-electron chi connectivity index (χ2n) is 4.77. The van der Waals surface area contributed by atoms with Crippen molar-refractivity contribution in [1.29, 1.82) is 0 Å². The first-order chi connectivity index (χ1) is 7.47. The van der Waals surface area contributed by atoms with Crippen molar-refractivity contribution in [3.63, 3.8) is 0 Å². The van der Waals surface area contributed by atoms with Gasteiger partial charge >= 0.3 is 0 Å². The van der Waals surface area contributed by atoms with Gasteiger partial charge in [-0.05, 0) is 20.8 Å². The first-order valence-electron chi connectivity index (χ1n) is 5.34. The van der Waals surface area contributed by atoms with Crippen LogP contribution in [0, 0.1) is 0 Å². The molecule has 0 aliphatic heterocycles. The predicted molar refractivity (Wildman–Crippen MR) is 59.8 cm³/mol. The third-order valence-electron chi connectivity index (χ3n) is 2.24. The van der Waals surface area contributed by atoms with Gasteiger partial charge in [0.05, 0.1) is 36.7 Å². The van der Waals surface area contributed by atoms with Gasteiger partial charge in [0.1, 0.15) is 0 Å². The number of hydrogen-bond donors (Lipinski definition) is 3. The minimum Gasteiger partial charge on any atom is -0.395 e. The molecule has 1 rings (SSSR count). The Labute approximate surface area is 95.3 Å². The summed E-state index contributed by atoms with van der Waals surface area (Å²) in [6, 6.07) is -0.306. The molecular weight excluding hydrogens is 208 g/mol. The van der Waals surface area contributed by atoms with Gasteiger partial charge in [0.25, 0.3) is 0 Å². The third kappa shape index (κ3) is 3.55. The molecule has 0 spiro atoms. The minimum atomic E-state index is -0.306. The van der Waals surface area contributed by atoms with E-state index in [1.54, 1.807) is 4.68 Å². The lowest BCUT2D eigenvalue weighted by atomic mass is 10.1. The maximum atomic E-state index is 8.87. The van der Waals surface area contributed by atoms with Crippen LogP contribution >= 0.6 is 0 Å². The molecule has 1 heterocycles. The highest BCUT2D eigenvalue weighted by atomic mass is 16.3. The highest BCUT2D eigenvalue weighted by Gasteiger charge is 2.15. The quantitative estimate of drug-likeness (QED) is 0.631. The van der Waals surface area contributed by atoms with Crippen LogP contribution in [-0.4, -0.2) is 44.5 Å². The van der Waals surface area contributed by atoms with Gasteiger partial charge in [-0.2, -0.15) is 0 Å². The smallest absolute Gasteiger partial charge is 0.0965 e. The molecule has 0 aliphatic rings. The van der Waals surface area contributed by atoms with Crippen LogP contribution in [0.5, 0.6) is 0 Å². The van der Waals surface area contributed by atoms with E-state index >= 15 is 0 Å². The summed E-state index contributed by atoms with van der Waals surface area (Å²) in [6.07, 6.45) is 1.86. The molecule has 0 saturated heterocycles. The van der Waals surface area contributed by atoms with Crippen LogP contribution in [0.2, 0.25) is 0 Å². The van der Waals surface area contributed by atoms with Crippen molar-refractivity contribution in [2.45, 2.75) is 38.9 Å². The number of nitrogens with one attached hydrogen (secondary N) is 1. The van der Waals surface area contributed by atoms with Gasteiger partial charge < -0.3 is 15.5 Å². The maximum Gasteiger partial charge on any atom is 0.0965 e. The minimum absolute atomic E-state index is 0.0847. The summed E-state index contributed by atoms with van der Waals surface area (Å²) < 4.78 is 1.79. The van der Waals surface area contributed by atoms with Gasteiger partial charge in [0.15, 0.2) is 0 Å². The molecule has 3 N–H and O–H groups in total. The van der Waals surface area contributed by atoms with Crippen molar-refractivity contribution in [1.82, 2.24) is 20.3 Å². The Morgan fingerprint density at radius 3 is 2.44 bits per heavy atom. The Balaban J connectivity index is 2.53. The lowest BCUT2D eigenvalue weighted by molar-refractivity contribution is 0.170. The standard InChI is InChI=1S/C10H20N4O2/c1-10(2,3)14-5-8(12-13-14)4-11-9(6-15)7-16/h5,9,11,15-16H,4,6-7H2,1-3H3. The van der Waals surface area contributed by atoms with Crippen LogP contribution in [0.3, 0.4) is 0 Å². The maximum absolute atomic E-state index is 8.87. The molecule has 0 unspecified atom stereocenters. The Morgan fingerprint density at radius 1 is 1.38 bits per heavy atom. The van der Waals surface area contributed by atoms with E-state index in [1.165, 1.54) is 0 Å². The summed E-state index contributed by atoms with van der Waals surface area (Å²) in [4.78, 5) is 0. The number of rotatable bonds is 5. The van der Waals surface area contributed by atoms with E-state index < -0.39 is 0 Å². The fourth-order valence-electron chi connectivity index (χ4n) is 1.14. The highest BCUT2D eigenvalue weighted by molar-refractivity contribution is 4.94. The highest BCUT2D eigenvalue weighted by Crippen LogP contribution is 2.11. The SMILES string of the molecule is CC(C)(C)n1cc(CNC(CO)CO)nn1. The summed E-state index contributed by atoms with van der Waals surface area (Å²) >= 11 is 0. The molecule has 0 aliphatic carbocycles. The zero-order valence-electron chi connectivity index (χ0n) is 10.0. The van der Waals surface area contributed by atoms with E-state index in [0.29, 0.717) is 6.54 Å². The normalized spacial score (nSPS) is 12.4. The van der Waals surface area contributed by atoms with Gasteiger partial charge in [-0.15, -0.1) is 5.10 Å². The van der Waals surface area contributed by atoms with E-state index in [4.69, 9.17) is 10.2 Å². The predicted octanol–water partition coefficient (Wildman–Crippen LogP) is -0.524. The van der Waals surface area contributed by atoms with E-state index in [-0.39, 0.29) is 24.8 Å². The second-order valence-corrected chi connectivity index (χ2v) is 4.77. The van der Waals surface area contributed by atoms with Gasteiger partial charge in [-0.25, -0.2) is 4.68 Å². The molecule has 0 bridgehead atoms. The molecule has 0 radical (unpaired) electrons. The summed E-state index contributed by atoms with van der Waals surface area (Å²) in [6.45, 7) is 6.44. The van der Waals surface area contributed by atoms with Crippen molar-refractivity contribution in [2.24, 2.45) is 0 Å². The summed E-state index contributed by atoms with van der Waals surface area (Å²) in [7, 11) is 0. The fourth-order valence-corrected chi connectivity index (χ4v) is 1.14. The van der Waals surface area contributed by atoms with Crippen LogP contribution in [0.4, 0.5) is 0 Å². The van der Waals surface area contributed by atoms with Crippen LogP contribution in [0.1, 0.15) is 26.5 Å². The molecule has 0 aromatic carbocycles. The molecule has 0 amide bonds. The zero-order chi connectivity index (χ0) is 12.2. The zero-order valence-corrected chi connectivity index (χ0v) is 10.0. The van der Waals surface area contributed by atoms with Crippen LogP contribution in [-0.2, 0) is 12.1 Å². The van der Waals surface area contributed by atoms with Crippen molar-refractivity contribution >= 4 is 0 Å². The summed E-state index contributed by atoms with van der Waals surface area (Å²) in [5, 5.41) is 28.8. The Kier molecular flexibility index (Phi) is 4.40. The van der Waals surface area contributed by atoms with Crippen LogP contribution in [0.15, 0.2) is 6.20 Å². The average molecular weight is 228 g/mol. The molecule has 16 heavy (non-hydrogen) atoms. The van der Waals surface area contributed by atoms with E-state index in [0.717, 1.165) is 5.69 Å². The molecule has 6 nitrogen and oxygen atoms in total. The lowest BCUT2D eigenvalue weighted by Crippen LogP contribution is -2.35. The molecular formula is C10H20N4O2. The summed E-state index contributed by atoms with van der Waals surface area (Å²) in [5.41, 5.74) is 0.709. The van der Waals surface area contributed by atoms with E-state index in [9.17, 15) is 0 Å². The first kappa shape index (κ1) is 13.1. The Hall–Kier alpha value is -0.980. The summed E-state index contributed by atoms with van der Waals surface area (Å²) in [5.74, 6) is 0. The third-order valence-corrected chi connectivity index (χ3v) is 2.24. The first-order valence-corrected chi connectivity index (χ1v) is 5.34. The Bertz CT molecular complexity index is 315. The molecule has 0 atom stereocenters. The second kappa shape index (κ2) is 5.38. The van der Waals surface area contributed by atoms with Gasteiger partial charge in [-0.3, -0.25) is 0 Å². The van der Waals surface area contributed by atoms with E-state index in [2.05, 4.69) is 15.6 Å². The number of nitrogens with zero attached hydrogens (tertiary/aromatic N) is 3. The van der Waals surface area contributed by atoms with Crippen molar-refractivity contribution in [2.75, 3.05) is 13.2 Å². The topological polar surface area (TPSA) is 83.2 Å². The van der Waals surface area contributed by atoms with Crippen LogP contribution < -0.4 is 5.32 Å². The molecule has 1 aromatic rings. The average Bonchev–Trinajstić information content (AvgIpc) is 2.67. The molecule has 6 heteroatoms. The van der Waals surface area contributed by atoms with Gasteiger partial charge in [-0.1, -0.05) is 5.21 Å². The monoisotopic (exact) mass is 228 g/mol. The molecule has 0 fully saturated rings. The molecule has 0 saturated carbocycles. The largest absolute Gasteiger partial charge is 0.395 e. The Morgan fingerprint density at radius 2 is 2.00 bits per heavy atom. The lowest BCUT2D eigenvalue weighted by Gasteiger charge is -2.17. The fraction of sp³-hybridized carbons (Fsp3) is 0.800. The van der Waals surface area contributed by atoms with Gasteiger partial charge in [0, 0.05) is 6.54 Å². The van der Waals surface area contributed by atoms with Crippen molar-refractivity contribution < 1.29 is 10.2 Å². The van der Waals surface area contributed by atoms with Crippen molar-refractivity contribution in [3.8, 4) is 0 Å². The number of hydrogen-bond acceptors (Lipinski definition) is 5. The molecule has 1 aromatic heterocycles. The molecule has 92 valence electrons. The number of aromatic nitrogens is 3.